The van der Waals surface area contributed by atoms with Crippen molar-refractivity contribution in [2.75, 3.05) is 31.1 Å². The number of benzene rings is 1. The second-order valence-corrected chi connectivity index (χ2v) is 6.73. The van der Waals surface area contributed by atoms with Gasteiger partial charge in [-0.15, -0.1) is 0 Å². The predicted octanol–water partition coefficient (Wildman–Crippen LogP) is 2.83. The predicted molar refractivity (Wildman–Crippen MR) is 93.3 cm³/mol. The van der Waals surface area contributed by atoms with Crippen LogP contribution in [0.3, 0.4) is 0 Å². The van der Waals surface area contributed by atoms with Crippen LogP contribution in [0.25, 0.3) is 10.2 Å². The molecule has 3 aromatic rings. The zero-order valence-corrected chi connectivity index (χ0v) is 14.1. The molecule has 0 saturated carbocycles. The number of thiazole rings is 1. The number of anilines is 1. The maximum absolute atomic E-state index is 14.0. The number of fused-ring (bicyclic) bond motifs is 1. The summed E-state index contributed by atoms with van der Waals surface area (Å²) in [6, 6.07) is 6.34. The average Bonchev–Trinajstić information content (AvgIpc) is 3.09. The summed E-state index contributed by atoms with van der Waals surface area (Å²) in [7, 11) is 0. The first-order valence-electron chi connectivity index (χ1n) is 7.97. The molecule has 1 fully saturated rings. The molecule has 1 N–H and O–H groups in total. The number of nitrogens with zero attached hydrogens (tertiary/aromatic N) is 3. The van der Waals surface area contributed by atoms with Crippen LogP contribution in [0.1, 0.15) is 0 Å². The van der Waals surface area contributed by atoms with E-state index in [4.69, 9.17) is 4.74 Å². The van der Waals surface area contributed by atoms with Gasteiger partial charge in [0.2, 0.25) is 0 Å². The van der Waals surface area contributed by atoms with Crippen molar-refractivity contribution in [1.82, 2.24) is 15.3 Å². The molecule has 0 radical (unpaired) electrons. The van der Waals surface area contributed by atoms with Crippen LogP contribution in [0.4, 0.5) is 13.9 Å². The van der Waals surface area contributed by atoms with Crippen LogP contribution in [0, 0.1) is 11.6 Å². The fourth-order valence-electron chi connectivity index (χ4n) is 2.83. The summed E-state index contributed by atoms with van der Waals surface area (Å²) in [5.41, 5.74) is 0.476. The van der Waals surface area contributed by atoms with E-state index < -0.39 is 11.6 Å². The van der Waals surface area contributed by atoms with Crippen LogP contribution < -0.4 is 15.0 Å². The molecule has 8 heteroatoms. The Morgan fingerprint density at radius 1 is 1.32 bits per heavy atom. The molecule has 0 bridgehead atoms. The monoisotopic (exact) mass is 362 g/mol. The third-order valence-corrected chi connectivity index (χ3v) is 5.21. The van der Waals surface area contributed by atoms with Crippen molar-refractivity contribution < 1.29 is 13.5 Å². The number of rotatable bonds is 4. The van der Waals surface area contributed by atoms with Crippen molar-refractivity contribution in [3.63, 3.8) is 0 Å². The topological polar surface area (TPSA) is 50.3 Å². The van der Waals surface area contributed by atoms with E-state index in [1.165, 1.54) is 17.4 Å². The molecule has 1 saturated heterocycles. The third-order valence-electron chi connectivity index (χ3n) is 4.11. The van der Waals surface area contributed by atoms with Gasteiger partial charge in [-0.05, 0) is 24.3 Å². The van der Waals surface area contributed by atoms with Crippen molar-refractivity contribution in [3.05, 3.63) is 48.3 Å². The molecule has 3 heterocycles. The molecule has 5 nitrogen and oxygen atoms in total. The molecular weight excluding hydrogens is 346 g/mol. The lowest BCUT2D eigenvalue weighted by Gasteiger charge is -2.35. The van der Waals surface area contributed by atoms with Gasteiger partial charge in [0.05, 0.1) is 22.5 Å². The van der Waals surface area contributed by atoms with E-state index in [-0.39, 0.29) is 10.7 Å². The summed E-state index contributed by atoms with van der Waals surface area (Å²) in [5, 5.41) is 4.01. The van der Waals surface area contributed by atoms with Crippen molar-refractivity contribution in [1.29, 1.82) is 0 Å². The first-order chi connectivity index (χ1) is 12.2. The molecule has 4 rings (SSSR count). The second kappa shape index (κ2) is 6.89. The molecule has 0 spiro atoms. The zero-order valence-electron chi connectivity index (χ0n) is 13.3. The van der Waals surface area contributed by atoms with Gasteiger partial charge >= 0.3 is 0 Å². The maximum atomic E-state index is 14.0. The van der Waals surface area contributed by atoms with Crippen LogP contribution in [-0.2, 0) is 0 Å². The zero-order chi connectivity index (χ0) is 17.2. The number of hydrogen-bond donors (Lipinski definition) is 1. The first-order valence-corrected chi connectivity index (χ1v) is 8.79. The Morgan fingerprint density at radius 3 is 3.08 bits per heavy atom. The molecule has 1 atom stereocenters. The van der Waals surface area contributed by atoms with E-state index in [1.807, 2.05) is 12.1 Å². The molecule has 0 aliphatic carbocycles. The number of piperazine rings is 1. The highest BCUT2D eigenvalue weighted by atomic mass is 32.1. The Morgan fingerprint density at radius 2 is 2.24 bits per heavy atom. The quantitative estimate of drug-likeness (QED) is 0.773. The highest BCUT2D eigenvalue weighted by Crippen LogP contribution is 2.33. The van der Waals surface area contributed by atoms with E-state index in [0.717, 1.165) is 25.7 Å². The second-order valence-electron chi connectivity index (χ2n) is 5.76. The molecule has 1 aliphatic rings. The van der Waals surface area contributed by atoms with E-state index in [0.29, 0.717) is 23.0 Å². The van der Waals surface area contributed by atoms with Gasteiger partial charge in [-0.2, -0.15) is 0 Å². The minimum atomic E-state index is -0.848. The Hall–Kier alpha value is -2.32. The number of hydrogen-bond acceptors (Lipinski definition) is 6. The van der Waals surface area contributed by atoms with Crippen molar-refractivity contribution in [3.8, 4) is 5.75 Å². The number of ether oxygens (including phenoxy) is 1. The maximum Gasteiger partial charge on any atom is 0.187 e. The Labute approximate surface area is 147 Å². The summed E-state index contributed by atoms with van der Waals surface area (Å²) in [6.45, 7) is 2.71. The molecule has 25 heavy (non-hydrogen) atoms. The molecule has 2 aromatic heterocycles. The number of halogens is 2. The smallest absolute Gasteiger partial charge is 0.187 e. The van der Waals surface area contributed by atoms with Gasteiger partial charge in [0.1, 0.15) is 12.4 Å². The standard InChI is InChI=1S/C17H16F2N4OS/c18-13-3-4-14-16(15(13)19)25-17(22-14)23-7-6-21-8-11(23)10-24-12-2-1-5-20-9-12/h1-5,9,11,21H,6-8,10H2/t11-/m1/s1. The largest absolute Gasteiger partial charge is 0.490 e. The lowest BCUT2D eigenvalue weighted by atomic mass is 10.2. The van der Waals surface area contributed by atoms with Crippen LogP contribution in [0.5, 0.6) is 5.75 Å². The number of aromatic nitrogens is 2. The lowest BCUT2D eigenvalue weighted by molar-refractivity contribution is 0.266. The van der Waals surface area contributed by atoms with E-state index >= 15 is 0 Å². The lowest BCUT2D eigenvalue weighted by Crippen LogP contribution is -2.54. The van der Waals surface area contributed by atoms with Crippen LogP contribution in [0.2, 0.25) is 0 Å². The van der Waals surface area contributed by atoms with Crippen molar-refractivity contribution >= 4 is 26.7 Å². The van der Waals surface area contributed by atoms with Crippen molar-refractivity contribution in [2.45, 2.75) is 6.04 Å². The van der Waals surface area contributed by atoms with Gasteiger partial charge in [0, 0.05) is 25.8 Å². The molecule has 1 aliphatic heterocycles. The average molecular weight is 362 g/mol. The highest BCUT2D eigenvalue weighted by Gasteiger charge is 2.26. The van der Waals surface area contributed by atoms with Crippen LogP contribution >= 0.6 is 11.3 Å². The fourth-order valence-corrected chi connectivity index (χ4v) is 3.92. The first kappa shape index (κ1) is 16.2. The minimum absolute atomic E-state index is 0.0439. The van der Waals surface area contributed by atoms with Gasteiger partial charge in [0.25, 0.3) is 0 Å². The summed E-state index contributed by atoms with van der Waals surface area (Å²) >= 11 is 1.17. The van der Waals surface area contributed by atoms with Gasteiger partial charge in [-0.25, -0.2) is 13.8 Å². The van der Waals surface area contributed by atoms with E-state index in [9.17, 15) is 8.78 Å². The molecule has 1 aromatic carbocycles. The summed E-state index contributed by atoms with van der Waals surface area (Å²) in [4.78, 5) is 10.6. The minimum Gasteiger partial charge on any atom is -0.490 e. The molecular formula is C17H16F2N4OS. The van der Waals surface area contributed by atoms with Gasteiger partial charge in [0.15, 0.2) is 16.8 Å². The van der Waals surface area contributed by atoms with E-state index in [1.54, 1.807) is 12.4 Å². The SMILES string of the molecule is Fc1ccc2nc(N3CCNC[C@@H]3COc3cccnc3)sc2c1F. The summed E-state index contributed by atoms with van der Waals surface area (Å²) in [6.07, 6.45) is 3.35. The normalized spacial score (nSPS) is 17.8. The van der Waals surface area contributed by atoms with E-state index in [2.05, 4.69) is 20.2 Å². The van der Waals surface area contributed by atoms with Gasteiger partial charge in [-0.1, -0.05) is 11.3 Å². The van der Waals surface area contributed by atoms with Crippen LogP contribution in [-0.4, -0.2) is 42.3 Å². The number of nitrogens with one attached hydrogen (secondary N) is 1. The Bertz CT molecular complexity index is 874. The third kappa shape index (κ3) is 3.27. The Kier molecular flexibility index (Phi) is 4.46. The van der Waals surface area contributed by atoms with Gasteiger partial charge < -0.3 is 15.0 Å². The fraction of sp³-hybridized carbons (Fsp3) is 0.294. The molecule has 130 valence electrons. The molecule has 0 amide bonds. The number of pyridine rings is 1. The summed E-state index contributed by atoms with van der Waals surface area (Å²) in [5.74, 6) is -0.982. The summed E-state index contributed by atoms with van der Waals surface area (Å²) < 4.78 is 33.5. The van der Waals surface area contributed by atoms with Crippen molar-refractivity contribution in [2.24, 2.45) is 0 Å². The highest BCUT2D eigenvalue weighted by molar-refractivity contribution is 7.22. The van der Waals surface area contributed by atoms with Crippen LogP contribution in [0.15, 0.2) is 36.7 Å². The Balaban J connectivity index is 1.57. The molecule has 0 unspecified atom stereocenters. The van der Waals surface area contributed by atoms with Gasteiger partial charge in [-0.3, -0.25) is 4.98 Å².